The third-order valence-electron chi connectivity index (χ3n) is 20.6. The lowest BCUT2D eigenvalue weighted by atomic mass is 9.82. The maximum Gasteiger partial charge on any atom is 0.498 e. The predicted molar refractivity (Wildman–Crippen MR) is 459 cm³/mol. The van der Waals surface area contributed by atoms with Crippen LogP contribution in [0, 0.1) is 11.6 Å². The first-order chi connectivity index (χ1) is 55.1. The van der Waals surface area contributed by atoms with Crippen molar-refractivity contribution in [1.29, 1.82) is 0 Å². The van der Waals surface area contributed by atoms with Gasteiger partial charge in [0.15, 0.2) is 22.7 Å². The van der Waals surface area contributed by atoms with Gasteiger partial charge in [-0.05, 0) is 202 Å². The highest BCUT2D eigenvalue weighted by atomic mass is 127. The number of H-pyrrole nitrogens is 1. The van der Waals surface area contributed by atoms with Gasteiger partial charge < -0.3 is 89.5 Å². The number of rotatable bonds is 18. The number of aromatic amines is 1. The molecule has 2 fully saturated rings. The van der Waals surface area contributed by atoms with E-state index in [9.17, 15) is 23.2 Å². The Balaban J connectivity index is 0.000000219. The summed E-state index contributed by atoms with van der Waals surface area (Å²) in [5.74, 6) is 0.746. The maximum absolute atomic E-state index is 12.8. The Bertz CT molecular complexity index is 4850. The Morgan fingerprint density at radius 2 is 0.866 bits per heavy atom. The minimum Gasteiger partial charge on any atom is -1.00 e. The minimum atomic E-state index is -0.878. The summed E-state index contributed by atoms with van der Waals surface area (Å²) in [6.45, 7) is 42.4. The molecule has 0 saturated carbocycles. The van der Waals surface area contributed by atoms with Crippen LogP contribution < -0.4 is 67.6 Å². The number of nitrogens with one attached hydrogen (secondary N) is 1. The van der Waals surface area contributed by atoms with E-state index in [0.29, 0.717) is 0 Å². The van der Waals surface area contributed by atoms with Gasteiger partial charge in [-0.25, -0.2) is 57.3 Å². The van der Waals surface area contributed by atoms with E-state index in [1.54, 1.807) is 144 Å². The molecule has 9 N–H and O–H groups in total. The van der Waals surface area contributed by atoms with Gasteiger partial charge in [0.25, 0.3) is 0 Å². The summed E-state index contributed by atoms with van der Waals surface area (Å²) < 4.78 is 70.7. The molecule has 119 heavy (non-hydrogen) atoms. The lowest BCUT2D eigenvalue weighted by Crippen LogP contribution is -3.00. The third-order valence-corrected chi connectivity index (χ3v) is 21.3. The molecule has 2 atom stereocenters. The number of methoxy groups -OCH3 is 3. The molecule has 32 nitrogen and oxygen atoms in total. The van der Waals surface area contributed by atoms with Crippen molar-refractivity contribution in [3.63, 3.8) is 0 Å². The fourth-order valence-corrected chi connectivity index (χ4v) is 12.0. The molecule has 39 heteroatoms. The van der Waals surface area contributed by atoms with Crippen LogP contribution in [0.25, 0.3) is 22.2 Å². The molecule has 0 amide bonds. The Morgan fingerprint density at radius 1 is 0.496 bits per heavy atom. The van der Waals surface area contributed by atoms with E-state index in [-0.39, 0.29) is 83.7 Å². The molecule has 9 aromatic heterocycles. The van der Waals surface area contributed by atoms with Crippen LogP contribution in [0.4, 0.5) is 32.3 Å². The number of ether oxygens (including phenoxy) is 3. The number of halogens is 5. The fraction of sp³-hybridized carbons (Fsp3) is 0.450. The van der Waals surface area contributed by atoms with Crippen LogP contribution in [0.5, 0.6) is 0 Å². The van der Waals surface area contributed by atoms with Gasteiger partial charge in [0.1, 0.15) is 39.6 Å². The van der Waals surface area contributed by atoms with E-state index in [1.807, 2.05) is 109 Å². The summed E-state index contributed by atoms with van der Waals surface area (Å²) in [6.07, 6.45) is 23.9. The predicted octanol–water partition coefficient (Wildman–Crippen LogP) is 7.66. The highest BCUT2D eigenvalue weighted by Gasteiger charge is 2.53. The molecule has 2 aliphatic rings. The zero-order chi connectivity index (χ0) is 87.9. The number of aromatic nitrogens is 16. The minimum absolute atomic E-state index is 0. The van der Waals surface area contributed by atoms with E-state index < -0.39 is 44.8 Å². The number of fused-ring (bicyclic) bond motifs is 2. The van der Waals surface area contributed by atoms with Crippen molar-refractivity contribution >= 4 is 109 Å². The van der Waals surface area contributed by atoms with Crippen molar-refractivity contribution in [2.45, 2.75) is 187 Å². The standard InChI is InChI=1S/C18H24N6O2.C14H23BN2O4.2C12H13FN4.C10H13BrN4.C9H15BN2O2.C5H9BrO2.HI/c1-6-22(7-2)16-15-8-13(10-23(15)21-12-19-16)14-9-20-24(11-14)18(3,4)17(25)26-5;1-12(2,11(18)19-7)17-9-10(8-16-17)15-20-13(3,4)14(5,6)21-15;2*1-12(15,8-2-4-10(13)5-3-8)9-6-16-11(14)17-7-9;1-3-14(4-2)10-9-5-8(11)6-15(9)13-7-12-10;1-8(2)9(3,4)14-10(13-8)7-5-11-12-6-7;1-5(2,6)4(7)8-3;/h8-12H,6-7H2,1-5H3;8-9H,1-7H3;2*2-7H,15H2,1H3,(H2,14,16,17);5-7H,3-4H2,1-2H3;5-6H,1-4H3,(H,11,12);1-3H3;1H/p-1/t;;2*12-;;;;/m..00..../s1. The van der Waals surface area contributed by atoms with E-state index in [1.165, 1.54) is 45.6 Å². The molecule has 0 radical (unpaired) electrons. The first-order valence-corrected chi connectivity index (χ1v) is 39.5. The van der Waals surface area contributed by atoms with Gasteiger partial charge >= 0.3 is 32.1 Å². The van der Waals surface area contributed by atoms with Gasteiger partial charge in [-0.2, -0.15) is 25.5 Å². The number of alkyl halides is 1. The molecule has 0 unspecified atom stereocenters. The number of hydrogen-bond acceptors (Lipinski definition) is 27. The van der Waals surface area contributed by atoms with Crippen LogP contribution in [0.3, 0.4) is 0 Å². The average molecular weight is 1890 g/mol. The second-order valence-corrected chi connectivity index (χ2v) is 34.2. The van der Waals surface area contributed by atoms with Crippen molar-refractivity contribution < 1.29 is 80.0 Å². The number of benzene rings is 2. The normalized spacial score (nSPS) is 15.2. The molecule has 13 rings (SSSR count). The SMILES string of the molecule is CC1(C)OB(c2cn[nH]c2)OC1(C)C.CCN(CC)c1ncnn2cc(-c3cnn(C(C)(C)C(=O)OC)c3)cc12.CCN(CC)c1ncnn2cc(Br)cc12.COC(=O)C(C)(C)Br.COC(=O)C(C)(C)n1cc(B2OC(C)(C)C(C)(C)O2)cn1.C[C@](N)(c1ccc(F)cc1)c1cnc(N)nc1.C[C@](N)(c1ccc(F)cc1)c1cnc(N)nc1.[I-]. The molecule has 0 aliphatic carbocycles. The third kappa shape index (κ3) is 24.2. The van der Waals surface area contributed by atoms with Gasteiger partial charge in [0, 0.05) is 132 Å². The maximum atomic E-state index is 12.8. The molecule has 2 saturated heterocycles. The van der Waals surface area contributed by atoms with Crippen LogP contribution in [0.2, 0.25) is 0 Å². The molecule has 11 heterocycles. The quantitative estimate of drug-likeness (QED) is 0.0181. The van der Waals surface area contributed by atoms with Gasteiger partial charge in [0.05, 0.1) is 61.0 Å². The second kappa shape index (κ2) is 40.7. The molecule has 2 aromatic carbocycles. The number of carbonyl (C=O) groups is 3. The molecule has 2 aliphatic heterocycles. The molecule has 0 spiro atoms. The zero-order valence-electron chi connectivity index (χ0n) is 71.7. The summed E-state index contributed by atoms with van der Waals surface area (Å²) in [7, 11) is 3.31. The largest absolute Gasteiger partial charge is 1.00 e. The van der Waals surface area contributed by atoms with Crippen molar-refractivity contribution in [2.24, 2.45) is 11.5 Å². The van der Waals surface area contributed by atoms with Crippen molar-refractivity contribution in [3.8, 4) is 11.1 Å². The molecule has 642 valence electrons. The molecular weight excluding hydrogens is 1780 g/mol. The van der Waals surface area contributed by atoms with Gasteiger partial charge in [-0.3, -0.25) is 19.3 Å². The Kier molecular flexibility index (Phi) is 33.7. The lowest BCUT2D eigenvalue weighted by molar-refractivity contribution is -0.150. The summed E-state index contributed by atoms with van der Waals surface area (Å²) in [6, 6.07) is 16.1. The molecular formula is C80H110B2Br2F2IN22O10-. The van der Waals surface area contributed by atoms with Crippen LogP contribution in [-0.2, 0) is 69.4 Å². The van der Waals surface area contributed by atoms with Crippen molar-refractivity contribution in [1.82, 2.24) is 78.9 Å². The molecule has 0 bridgehead atoms. The first-order valence-electron chi connectivity index (χ1n) is 37.9. The molecule has 11 aromatic rings. The van der Waals surface area contributed by atoms with E-state index in [4.69, 9.17) is 51.0 Å². The number of hydrogen-bond donors (Lipinski definition) is 5. The highest BCUT2D eigenvalue weighted by Crippen LogP contribution is 2.39. The number of carbonyl (C=O) groups excluding carboxylic acids is 3. The highest BCUT2D eigenvalue weighted by molar-refractivity contribution is 9.10. The fourth-order valence-electron chi connectivity index (χ4n) is 11.5. The summed E-state index contributed by atoms with van der Waals surface area (Å²) >= 11 is 6.57. The number of esters is 3. The number of nitrogens with zero attached hydrogens (tertiary/aromatic N) is 17. The van der Waals surface area contributed by atoms with E-state index >= 15 is 0 Å². The zero-order valence-corrected chi connectivity index (χ0v) is 77.1. The van der Waals surface area contributed by atoms with E-state index in [0.717, 1.165) is 97.6 Å². The van der Waals surface area contributed by atoms with Crippen molar-refractivity contribution in [3.05, 3.63) is 186 Å². The van der Waals surface area contributed by atoms with E-state index in [2.05, 4.69) is 135 Å². The first kappa shape index (κ1) is 98.3. The van der Waals surface area contributed by atoms with Gasteiger partial charge in [-0.1, -0.05) is 40.2 Å². The Hall–Kier alpha value is -9.48. The average Bonchev–Trinajstić information content (AvgIpc) is 1.73. The topological polar surface area (TPSA) is 403 Å². The lowest BCUT2D eigenvalue weighted by Gasteiger charge is -2.32. The number of nitrogen functional groups attached to an aromatic ring is 2. The van der Waals surface area contributed by atoms with Gasteiger partial charge in [-0.15, -0.1) is 0 Å². The summed E-state index contributed by atoms with van der Waals surface area (Å²) in [5.41, 5.74) is 27.1. The van der Waals surface area contributed by atoms with Crippen LogP contribution in [-0.4, -0.2) is 185 Å². The van der Waals surface area contributed by atoms with Crippen LogP contribution in [0.15, 0.2) is 152 Å². The number of nitrogens with two attached hydrogens (primary N) is 4. The van der Waals surface area contributed by atoms with Crippen molar-refractivity contribution in [2.75, 3.05) is 68.8 Å². The second-order valence-electron chi connectivity index (χ2n) is 31.3. The van der Waals surface area contributed by atoms with Crippen LogP contribution in [0.1, 0.15) is 161 Å². The summed E-state index contributed by atoms with van der Waals surface area (Å²) in [5, 5.41) is 23.7. The Labute approximate surface area is 728 Å². The summed E-state index contributed by atoms with van der Waals surface area (Å²) in [4.78, 5) is 63.2. The van der Waals surface area contributed by atoms with Crippen LogP contribution >= 0.6 is 31.9 Å². The Morgan fingerprint density at radius 3 is 1.23 bits per heavy atom. The smallest absolute Gasteiger partial charge is 0.498 e. The van der Waals surface area contributed by atoms with Gasteiger partial charge in [0.2, 0.25) is 11.9 Å². The number of anilines is 4. The monoisotopic (exact) mass is 1880 g/mol.